The molecule has 1 aliphatic carbocycles. The highest BCUT2D eigenvalue weighted by atomic mass is 79.9. The summed E-state index contributed by atoms with van der Waals surface area (Å²) in [6.07, 6.45) is 6.68. The smallest absolute Gasteiger partial charge is 0.143 e. The molecular formula is C14H18BrNO. The number of para-hydroxylation sites is 1. The number of rotatable bonds is 0. The molecule has 1 aliphatic heterocycles. The van der Waals surface area contributed by atoms with Gasteiger partial charge in [-0.25, -0.2) is 0 Å². The van der Waals surface area contributed by atoms with Crippen LogP contribution in [-0.2, 0) is 0 Å². The average molecular weight is 296 g/mol. The zero-order chi connectivity index (χ0) is 11.7. The van der Waals surface area contributed by atoms with Gasteiger partial charge in [0.1, 0.15) is 5.75 Å². The molecule has 3 rings (SSSR count). The summed E-state index contributed by atoms with van der Waals surface area (Å²) in [4.78, 5) is 0. The molecular weight excluding hydrogens is 278 g/mol. The number of hydrogen-bond donors (Lipinski definition) is 1. The van der Waals surface area contributed by atoms with E-state index in [-0.39, 0.29) is 0 Å². The van der Waals surface area contributed by atoms with Crippen LogP contribution in [-0.4, -0.2) is 13.2 Å². The van der Waals surface area contributed by atoms with Gasteiger partial charge in [-0.3, -0.25) is 0 Å². The lowest BCUT2D eigenvalue weighted by Gasteiger charge is -2.35. The van der Waals surface area contributed by atoms with Crippen molar-refractivity contribution < 1.29 is 4.74 Å². The highest BCUT2D eigenvalue weighted by molar-refractivity contribution is 9.10. The van der Waals surface area contributed by atoms with Crippen molar-refractivity contribution in [2.75, 3.05) is 18.5 Å². The van der Waals surface area contributed by atoms with E-state index < -0.39 is 0 Å². The van der Waals surface area contributed by atoms with E-state index in [1.165, 1.54) is 32.1 Å². The summed E-state index contributed by atoms with van der Waals surface area (Å²) in [7, 11) is 0. The Balaban J connectivity index is 1.85. The first-order valence-electron chi connectivity index (χ1n) is 6.44. The Bertz CT molecular complexity index is 413. The molecule has 0 radical (unpaired) electrons. The van der Waals surface area contributed by atoms with Crippen LogP contribution < -0.4 is 10.1 Å². The normalized spacial score (nSPS) is 22.2. The molecule has 0 aromatic heterocycles. The van der Waals surface area contributed by atoms with E-state index in [0.717, 1.165) is 29.1 Å². The number of ether oxygens (including phenoxy) is 1. The van der Waals surface area contributed by atoms with Gasteiger partial charge in [0.05, 0.1) is 12.3 Å². The fraction of sp³-hybridized carbons (Fsp3) is 0.571. The zero-order valence-electron chi connectivity index (χ0n) is 9.97. The van der Waals surface area contributed by atoms with Crippen molar-refractivity contribution in [2.45, 2.75) is 32.1 Å². The van der Waals surface area contributed by atoms with Gasteiger partial charge in [-0.1, -0.05) is 25.3 Å². The predicted octanol–water partition coefficient (Wildman–Crippen LogP) is 4.20. The molecule has 1 heterocycles. The number of fused-ring (bicyclic) bond motifs is 1. The third kappa shape index (κ3) is 2.17. The highest BCUT2D eigenvalue weighted by Crippen LogP contribution is 2.42. The number of nitrogens with one attached hydrogen (secondary N) is 1. The minimum atomic E-state index is 0.358. The molecule has 0 saturated heterocycles. The Morgan fingerprint density at radius 3 is 2.82 bits per heavy atom. The van der Waals surface area contributed by atoms with Crippen LogP contribution in [0.5, 0.6) is 5.75 Å². The lowest BCUT2D eigenvalue weighted by molar-refractivity contribution is 0.115. The van der Waals surface area contributed by atoms with Gasteiger partial charge in [0.2, 0.25) is 0 Å². The Labute approximate surface area is 111 Å². The average Bonchev–Trinajstić information content (AvgIpc) is 2.53. The standard InChI is InChI=1S/C14H18BrNO/c15-11-5-4-6-12-13(11)16-9-14(10-17-12)7-2-1-3-8-14/h4-6,16H,1-3,7-10H2. The van der Waals surface area contributed by atoms with Crippen LogP contribution in [0, 0.1) is 5.41 Å². The SMILES string of the molecule is Brc1cccc2c1NCC1(CCCCC1)CO2. The van der Waals surface area contributed by atoms with Crippen molar-refractivity contribution in [3.63, 3.8) is 0 Å². The monoisotopic (exact) mass is 295 g/mol. The van der Waals surface area contributed by atoms with E-state index in [1.807, 2.05) is 6.07 Å². The van der Waals surface area contributed by atoms with Crippen LogP contribution in [0.4, 0.5) is 5.69 Å². The van der Waals surface area contributed by atoms with Crippen molar-refractivity contribution in [1.82, 2.24) is 0 Å². The quantitative estimate of drug-likeness (QED) is 0.774. The molecule has 2 aliphatic rings. The summed E-state index contributed by atoms with van der Waals surface area (Å²) in [5, 5.41) is 3.58. The summed E-state index contributed by atoms with van der Waals surface area (Å²) >= 11 is 3.59. The fourth-order valence-electron chi connectivity index (χ4n) is 2.98. The van der Waals surface area contributed by atoms with E-state index in [0.29, 0.717) is 5.41 Å². The van der Waals surface area contributed by atoms with E-state index >= 15 is 0 Å². The fourth-order valence-corrected chi connectivity index (χ4v) is 3.47. The molecule has 1 aromatic rings. The Morgan fingerprint density at radius 1 is 1.18 bits per heavy atom. The van der Waals surface area contributed by atoms with Crippen LogP contribution in [0.3, 0.4) is 0 Å². The summed E-state index contributed by atoms with van der Waals surface area (Å²) in [6, 6.07) is 6.15. The van der Waals surface area contributed by atoms with Crippen molar-refractivity contribution in [3.05, 3.63) is 22.7 Å². The Morgan fingerprint density at radius 2 is 2.00 bits per heavy atom. The van der Waals surface area contributed by atoms with Crippen LogP contribution >= 0.6 is 15.9 Å². The first-order chi connectivity index (χ1) is 8.29. The first-order valence-corrected chi connectivity index (χ1v) is 7.24. The summed E-state index contributed by atoms with van der Waals surface area (Å²) in [5.74, 6) is 0.988. The largest absolute Gasteiger partial charge is 0.491 e. The second-order valence-corrected chi connectivity index (χ2v) is 6.17. The van der Waals surface area contributed by atoms with Crippen LogP contribution in [0.15, 0.2) is 22.7 Å². The van der Waals surface area contributed by atoms with Crippen molar-refractivity contribution in [2.24, 2.45) is 5.41 Å². The zero-order valence-corrected chi connectivity index (χ0v) is 11.6. The number of benzene rings is 1. The maximum Gasteiger partial charge on any atom is 0.143 e. The van der Waals surface area contributed by atoms with Gasteiger partial charge in [-0.15, -0.1) is 0 Å². The van der Waals surface area contributed by atoms with Gasteiger partial charge >= 0.3 is 0 Å². The molecule has 1 fully saturated rings. The summed E-state index contributed by atoms with van der Waals surface area (Å²) < 4.78 is 7.13. The van der Waals surface area contributed by atoms with Gasteiger partial charge in [0, 0.05) is 16.4 Å². The van der Waals surface area contributed by atoms with Crippen LogP contribution in [0.1, 0.15) is 32.1 Å². The number of halogens is 1. The van der Waals surface area contributed by atoms with E-state index in [1.54, 1.807) is 0 Å². The number of anilines is 1. The maximum atomic E-state index is 6.03. The van der Waals surface area contributed by atoms with E-state index in [4.69, 9.17) is 4.74 Å². The molecule has 0 unspecified atom stereocenters. The van der Waals surface area contributed by atoms with Gasteiger partial charge < -0.3 is 10.1 Å². The molecule has 17 heavy (non-hydrogen) atoms. The van der Waals surface area contributed by atoms with E-state index in [2.05, 4.69) is 33.4 Å². The molecule has 1 N–H and O–H groups in total. The second kappa shape index (κ2) is 4.52. The van der Waals surface area contributed by atoms with Crippen LogP contribution in [0.2, 0.25) is 0 Å². The second-order valence-electron chi connectivity index (χ2n) is 5.32. The maximum absolute atomic E-state index is 6.03. The molecule has 1 aromatic carbocycles. The molecule has 3 heteroatoms. The van der Waals surface area contributed by atoms with Gasteiger partial charge in [-0.05, 0) is 40.9 Å². The molecule has 2 nitrogen and oxygen atoms in total. The molecule has 0 bridgehead atoms. The minimum Gasteiger partial charge on any atom is -0.491 e. The van der Waals surface area contributed by atoms with Crippen molar-refractivity contribution >= 4 is 21.6 Å². The van der Waals surface area contributed by atoms with Crippen molar-refractivity contribution in [1.29, 1.82) is 0 Å². The highest BCUT2D eigenvalue weighted by Gasteiger charge is 2.35. The first kappa shape index (κ1) is 11.4. The third-order valence-corrected chi connectivity index (χ3v) is 4.72. The molecule has 0 atom stereocenters. The lowest BCUT2D eigenvalue weighted by atomic mass is 9.74. The lowest BCUT2D eigenvalue weighted by Crippen LogP contribution is -2.36. The van der Waals surface area contributed by atoms with Gasteiger partial charge in [-0.2, -0.15) is 0 Å². The summed E-state index contributed by atoms with van der Waals surface area (Å²) in [5.41, 5.74) is 1.48. The Kier molecular flexibility index (Phi) is 3.03. The summed E-state index contributed by atoms with van der Waals surface area (Å²) in [6.45, 7) is 1.91. The molecule has 1 saturated carbocycles. The number of hydrogen-bond acceptors (Lipinski definition) is 2. The third-order valence-electron chi connectivity index (χ3n) is 4.06. The van der Waals surface area contributed by atoms with Gasteiger partial charge in [0.25, 0.3) is 0 Å². The van der Waals surface area contributed by atoms with Gasteiger partial charge in [0.15, 0.2) is 0 Å². The topological polar surface area (TPSA) is 21.3 Å². The van der Waals surface area contributed by atoms with Crippen LogP contribution in [0.25, 0.3) is 0 Å². The minimum absolute atomic E-state index is 0.358. The van der Waals surface area contributed by atoms with Crippen molar-refractivity contribution in [3.8, 4) is 5.75 Å². The molecule has 0 amide bonds. The van der Waals surface area contributed by atoms with E-state index in [9.17, 15) is 0 Å². The predicted molar refractivity (Wildman–Crippen MR) is 73.6 cm³/mol. The molecule has 92 valence electrons. The Hall–Kier alpha value is -0.700. The molecule has 1 spiro atoms.